The number of carbonyl (C=O) groups excluding carboxylic acids is 1. The van der Waals surface area contributed by atoms with Gasteiger partial charge in [0, 0.05) is 25.0 Å². The minimum atomic E-state index is -0.184. The van der Waals surface area contributed by atoms with Gasteiger partial charge in [0.1, 0.15) is 6.54 Å². The highest BCUT2D eigenvalue weighted by Crippen LogP contribution is 2.07. The van der Waals surface area contributed by atoms with E-state index in [0.29, 0.717) is 13.0 Å². The van der Waals surface area contributed by atoms with E-state index < -0.39 is 0 Å². The summed E-state index contributed by atoms with van der Waals surface area (Å²) in [5.74, 6) is -0.182. The Hall–Kier alpha value is -3.15. The Labute approximate surface area is 139 Å². The van der Waals surface area contributed by atoms with Gasteiger partial charge in [0.15, 0.2) is 0 Å². The Morgan fingerprint density at radius 1 is 1.08 bits per heavy atom. The number of hydrogen-bond donors (Lipinski definition) is 1. The van der Waals surface area contributed by atoms with E-state index in [-0.39, 0.29) is 18.0 Å². The summed E-state index contributed by atoms with van der Waals surface area (Å²) in [6.07, 6.45) is 6.03. The van der Waals surface area contributed by atoms with Crippen molar-refractivity contribution >= 4 is 5.91 Å². The molecule has 24 heavy (non-hydrogen) atoms. The van der Waals surface area contributed by atoms with Crippen LogP contribution < -0.4 is 10.9 Å². The van der Waals surface area contributed by atoms with Gasteiger partial charge < -0.3 is 9.88 Å². The predicted molar refractivity (Wildman–Crippen MR) is 91.0 cm³/mol. The van der Waals surface area contributed by atoms with Gasteiger partial charge in [-0.3, -0.25) is 9.59 Å². The summed E-state index contributed by atoms with van der Waals surface area (Å²) in [5.41, 5.74) is 1.85. The number of nitrogens with one attached hydrogen (secondary N) is 1. The lowest BCUT2D eigenvalue weighted by molar-refractivity contribution is -0.121. The number of benzene rings is 1. The molecule has 1 aromatic carbocycles. The molecule has 0 atom stereocenters. The second-order valence-corrected chi connectivity index (χ2v) is 5.40. The van der Waals surface area contributed by atoms with Crippen LogP contribution in [0, 0.1) is 0 Å². The molecule has 0 saturated carbocycles. The van der Waals surface area contributed by atoms with E-state index in [1.54, 1.807) is 29.2 Å². The summed E-state index contributed by atoms with van der Waals surface area (Å²) >= 11 is 0. The zero-order chi connectivity index (χ0) is 16.8. The van der Waals surface area contributed by atoms with E-state index >= 15 is 0 Å². The van der Waals surface area contributed by atoms with E-state index in [4.69, 9.17) is 0 Å². The van der Waals surface area contributed by atoms with Gasteiger partial charge in [-0.2, -0.15) is 5.10 Å². The third-order valence-electron chi connectivity index (χ3n) is 3.61. The number of pyridine rings is 1. The van der Waals surface area contributed by atoms with Crippen LogP contribution in [-0.4, -0.2) is 26.8 Å². The lowest BCUT2D eigenvalue weighted by Gasteiger charge is -2.06. The summed E-state index contributed by atoms with van der Waals surface area (Å²) in [5, 5.41) is 7.14. The standard InChI is InChI=1S/C18H18N4O2/c23-17(14-21-11-5-4-8-18(21)24)19-10-9-15-12-20-22(13-15)16-6-2-1-3-7-16/h1-8,11-13H,9-10,14H2,(H,19,23). The van der Waals surface area contributed by atoms with E-state index in [2.05, 4.69) is 10.4 Å². The first-order chi connectivity index (χ1) is 11.7. The van der Waals surface area contributed by atoms with Crippen molar-refractivity contribution in [2.75, 3.05) is 6.54 Å². The molecular weight excluding hydrogens is 304 g/mol. The van der Waals surface area contributed by atoms with Crippen molar-refractivity contribution in [1.82, 2.24) is 19.7 Å². The topological polar surface area (TPSA) is 68.9 Å². The number of aromatic nitrogens is 3. The first kappa shape index (κ1) is 15.7. The van der Waals surface area contributed by atoms with Gasteiger partial charge in [-0.25, -0.2) is 4.68 Å². The first-order valence-corrected chi connectivity index (χ1v) is 7.73. The molecular formula is C18H18N4O2. The summed E-state index contributed by atoms with van der Waals surface area (Å²) in [7, 11) is 0. The van der Waals surface area contributed by atoms with Crippen LogP contribution in [0.15, 0.2) is 71.9 Å². The number of amides is 1. The first-order valence-electron chi connectivity index (χ1n) is 7.73. The van der Waals surface area contributed by atoms with E-state index in [0.717, 1.165) is 11.3 Å². The van der Waals surface area contributed by atoms with Crippen molar-refractivity contribution in [1.29, 1.82) is 0 Å². The second-order valence-electron chi connectivity index (χ2n) is 5.40. The maximum Gasteiger partial charge on any atom is 0.250 e. The molecule has 2 aromatic heterocycles. The van der Waals surface area contributed by atoms with E-state index in [9.17, 15) is 9.59 Å². The van der Waals surface area contributed by atoms with Gasteiger partial charge in [0.2, 0.25) is 5.91 Å². The fourth-order valence-corrected chi connectivity index (χ4v) is 2.36. The monoisotopic (exact) mass is 322 g/mol. The Kier molecular flexibility index (Phi) is 4.86. The molecule has 6 nitrogen and oxygen atoms in total. The minimum absolute atomic E-state index is 0.0307. The highest BCUT2D eigenvalue weighted by Gasteiger charge is 2.05. The van der Waals surface area contributed by atoms with Crippen LogP contribution >= 0.6 is 0 Å². The van der Waals surface area contributed by atoms with Crippen LogP contribution in [0.25, 0.3) is 5.69 Å². The van der Waals surface area contributed by atoms with Gasteiger partial charge in [-0.05, 0) is 30.2 Å². The fourth-order valence-electron chi connectivity index (χ4n) is 2.36. The molecule has 0 spiro atoms. The van der Waals surface area contributed by atoms with Crippen molar-refractivity contribution in [3.8, 4) is 5.69 Å². The van der Waals surface area contributed by atoms with E-state index in [1.807, 2.05) is 36.5 Å². The van der Waals surface area contributed by atoms with Crippen molar-refractivity contribution in [2.24, 2.45) is 0 Å². The summed E-state index contributed by atoms with van der Waals surface area (Å²) in [6.45, 7) is 0.532. The Morgan fingerprint density at radius 3 is 2.67 bits per heavy atom. The molecule has 0 bridgehead atoms. The van der Waals surface area contributed by atoms with Crippen molar-refractivity contribution in [3.05, 3.63) is 83.0 Å². The van der Waals surface area contributed by atoms with Crippen LogP contribution in [0.1, 0.15) is 5.56 Å². The zero-order valence-electron chi connectivity index (χ0n) is 13.1. The highest BCUT2D eigenvalue weighted by atomic mass is 16.2. The van der Waals surface area contributed by atoms with Crippen molar-refractivity contribution in [2.45, 2.75) is 13.0 Å². The molecule has 0 aliphatic heterocycles. The Bertz CT molecular complexity index is 868. The van der Waals surface area contributed by atoms with Crippen LogP contribution in [0.4, 0.5) is 0 Å². The van der Waals surface area contributed by atoms with Crippen molar-refractivity contribution < 1.29 is 4.79 Å². The Balaban J connectivity index is 1.50. The number of nitrogens with zero attached hydrogens (tertiary/aromatic N) is 3. The molecule has 0 unspecified atom stereocenters. The molecule has 0 fully saturated rings. The van der Waals surface area contributed by atoms with Crippen LogP contribution in [0.3, 0.4) is 0 Å². The molecule has 2 heterocycles. The number of hydrogen-bond acceptors (Lipinski definition) is 3. The summed E-state index contributed by atoms with van der Waals surface area (Å²) in [6, 6.07) is 14.7. The molecule has 6 heteroatoms. The van der Waals surface area contributed by atoms with Gasteiger partial charge in [0.05, 0.1) is 11.9 Å². The molecule has 1 amide bonds. The fraction of sp³-hybridized carbons (Fsp3) is 0.167. The molecule has 3 aromatic rings. The SMILES string of the molecule is O=C(Cn1ccccc1=O)NCCc1cnn(-c2ccccc2)c1. The van der Waals surface area contributed by atoms with E-state index in [1.165, 1.54) is 10.6 Å². The average molecular weight is 322 g/mol. The van der Waals surface area contributed by atoms with Crippen LogP contribution in [-0.2, 0) is 17.8 Å². The zero-order valence-corrected chi connectivity index (χ0v) is 13.1. The molecule has 3 rings (SSSR count). The van der Waals surface area contributed by atoms with Crippen LogP contribution in [0.2, 0.25) is 0 Å². The smallest absolute Gasteiger partial charge is 0.250 e. The third kappa shape index (κ3) is 3.98. The second kappa shape index (κ2) is 7.41. The molecule has 1 N–H and O–H groups in total. The maximum atomic E-state index is 11.9. The Morgan fingerprint density at radius 2 is 1.88 bits per heavy atom. The third-order valence-corrected chi connectivity index (χ3v) is 3.61. The minimum Gasteiger partial charge on any atom is -0.354 e. The predicted octanol–water partition coefficient (Wildman–Crippen LogP) is 1.39. The molecule has 122 valence electrons. The van der Waals surface area contributed by atoms with Gasteiger partial charge in [0.25, 0.3) is 5.56 Å². The highest BCUT2D eigenvalue weighted by molar-refractivity contribution is 5.75. The van der Waals surface area contributed by atoms with Gasteiger partial charge in [-0.15, -0.1) is 0 Å². The molecule has 0 aliphatic rings. The normalized spacial score (nSPS) is 10.5. The summed E-state index contributed by atoms with van der Waals surface area (Å²) < 4.78 is 3.18. The largest absolute Gasteiger partial charge is 0.354 e. The molecule has 0 aliphatic carbocycles. The number of rotatable bonds is 6. The number of para-hydroxylation sites is 1. The van der Waals surface area contributed by atoms with Crippen molar-refractivity contribution in [3.63, 3.8) is 0 Å². The van der Waals surface area contributed by atoms with Crippen LogP contribution in [0.5, 0.6) is 0 Å². The molecule has 0 saturated heterocycles. The number of carbonyl (C=O) groups is 1. The average Bonchev–Trinajstić information content (AvgIpc) is 3.07. The van der Waals surface area contributed by atoms with Gasteiger partial charge in [-0.1, -0.05) is 24.3 Å². The lowest BCUT2D eigenvalue weighted by Crippen LogP contribution is -2.32. The quantitative estimate of drug-likeness (QED) is 0.746. The molecule has 0 radical (unpaired) electrons. The maximum absolute atomic E-state index is 11.9. The summed E-state index contributed by atoms with van der Waals surface area (Å²) in [4.78, 5) is 23.4. The lowest BCUT2D eigenvalue weighted by atomic mass is 10.2. The van der Waals surface area contributed by atoms with Gasteiger partial charge >= 0.3 is 0 Å².